The van der Waals surface area contributed by atoms with E-state index in [1.54, 1.807) is 0 Å². The first-order valence-corrected chi connectivity index (χ1v) is 12.7. The minimum Gasteiger partial charge on any atom is -0.343 e. The molecule has 0 unspecified atom stereocenters. The van der Waals surface area contributed by atoms with Crippen LogP contribution in [-0.4, -0.2) is 58.0 Å². The van der Waals surface area contributed by atoms with Crippen molar-refractivity contribution in [1.82, 2.24) is 19.4 Å². The van der Waals surface area contributed by atoms with Crippen LogP contribution in [0.15, 0.2) is 79.1 Å². The SMILES string of the molecule is CCN1CCN(C(=O)C[C@H](c2ccc(Cl)nc2)c2cn(Cc3ccccc3)c3ccccc23)CC1. The Balaban J connectivity index is 1.51. The van der Waals surface area contributed by atoms with Gasteiger partial charge in [0.15, 0.2) is 0 Å². The molecular weight excluding hydrogens is 456 g/mol. The fraction of sp³-hybridized carbons (Fsp3) is 0.310. The van der Waals surface area contributed by atoms with Crippen LogP contribution in [0, 0.1) is 0 Å². The second kappa shape index (κ2) is 10.6. The monoisotopic (exact) mass is 486 g/mol. The van der Waals surface area contributed by atoms with Gasteiger partial charge in [0.25, 0.3) is 0 Å². The normalized spacial score (nSPS) is 15.4. The van der Waals surface area contributed by atoms with Gasteiger partial charge in [-0.1, -0.05) is 73.1 Å². The van der Waals surface area contributed by atoms with Gasteiger partial charge in [-0.05, 0) is 35.4 Å². The Labute approximate surface area is 211 Å². The van der Waals surface area contributed by atoms with Crippen molar-refractivity contribution in [2.75, 3.05) is 32.7 Å². The summed E-state index contributed by atoms with van der Waals surface area (Å²) in [6.07, 6.45) is 4.45. The lowest BCUT2D eigenvalue weighted by Gasteiger charge is -2.34. The zero-order chi connectivity index (χ0) is 24.2. The highest BCUT2D eigenvalue weighted by molar-refractivity contribution is 6.29. The topological polar surface area (TPSA) is 41.4 Å². The lowest BCUT2D eigenvalue weighted by molar-refractivity contribution is -0.133. The number of nitrogens with zero attached hydrogens (tertiary/aromatic N) is 4. The lowest BCUT2D eigenvalue weighted by atomic mass is 9.88. The van der Waals surface area contributed by atoms with E-state index in [9.17, 15) is 4.79 Å². The summed E-state index contributed by atoms with van der Waals surface area (Å²) in [5, 5.41) is 1.63. The lowest BCUT2D eigenvalue weighted by Crippen LogP contribution is -2.48. The van der Waals surface area contributed by atoms with Crippen LogP contribution in [0.1, 0.15) is 36.0 Å². The summed E-state index contributed by atoms with van der Waals surface area (Å²) in [5.74, 6) is 0.0963. The van der Waals surface area contributed by atoms with Crippen molar-refractivity contribution in [2.45, 2.75) is 25.8 Å². The number of piperazine rings is 1. The van der Waals surface area contributed by atoms with Crippen LogP contribution in [0.3, 0.4) is 0 Å². The molecule has 3 heterocycles. The zero-order valence-electron chi connectivity index (χ0n) is 20.1. The molecule has 5 nitrogen and oxygen atoms in total. The third-order valence-corrected chi connectivity index (χ3v) is 7.32. The number of hydrogen-bond donors (Lipinski definition) is 0. The van der Waals surface area contributed by atoms with Gasteiger partial charge in [0.1, 0.15) is 5.15 Å². The maximum Gasteiger partial charge on any atom is 0.223 e. The Hall–Kier alpha value is -3.15. The molecule has 6 heteroatoms. The average molecular weight is 487 g/mol. The fourth-order valence-corrected chi connectivity index (χ4v) is 5.19. The van der Waals surface area contributed by atoms with Gasteiger partial charge >= 0.3 is 0 Å². The molecule has 35 heavy (non-hydrogen) atoms. The highest BCUT2D eigenvalue weighted by atomic mass is 35.5. The van der Waals surface area contributed by atoms with Gasteiger partial charge in [0.2, 0.25) is 5.91 Å². The van der Waals surface area contributed by atoms with Gasteiger partial charge < -0.3 is 14.4 Å². The van der Waals surface area contributed by atoms with Gasteiger partial charge in [-0.2, -0.15) is 0 Å². The summed E-state index contributed by atoms with van der Waals surface area (Å²) in [4.78, 5) is 22.3. The van der Waals surface area contributed by atoms with Crippen LogP contribution < -0.4 is 0 Å². The molecule has 1 aliphatic heterocycles. The Morgan fingerprint density at radius 2 is 1.71 bits per heavy atom. The highest BCUT2D eigenvalue weighted by Gasteiger charge is 2.27. The molecule has 1 fully saturated rings. The molecule has 0 spiro atoms. The maximum atomic E-state index is 13.5. The van der Waals surface area contributed by atoms with Crippen molar-refractivity contribution >= 4 is 28.4 Å². The number of pyridine rings is 1. The summed E-state index contributed by atoms with van der Waals surface area (Å²) in [6, 6.07) is 22.8. The molecule has 1 atom stereocenters. The highest BCUT2D eigenvalue weighted by Crippen LogP contribution is 2.35. The van der Waals surface area contributed by atoms with Crippen LogP contribution in [0.25, 0.3) is 10.9 Å². The quantitative estimate of drug-likeness (QED) is 0.327. The molecule has 1 saturated heterocycles. The van der Waals surface area contributed by atoms with E-state index in [-0.39, 0.29) is 11.8 Å². The largest absolute Gasteiger partial charge is 0.343 e. The second-order valence-electron chi connectivity index (χ2n) is 9.20. The average Bonchev–Trinajstić information content (AvgIpc) is 3.26. The number of halogens is 1. The Morgan fingerprint density at radius 3 is 2.43 bits per heavy atom. The van der Waals surface area contributed by atoms with E-state index in [1.165, 1.54) is 16.5 Å². The van der Waals surface area contributed by atoms with Crippen molar-refractivity contribution in [2.24, 2.45) is 0 Å². The van der Waals surface area contributed by atoms with Crippen LogP contribution >= 0.6 is 11.6 Å². The smallest absolute Gasteiger partial charge is 0.223 e. The third kappa shape index (κ3) is 5.26. The van der Waals surface area contributed by atoms with Crippen molar-refractivity contribution in [1.29, 1.82) is 0 Å². The minimum absolute atomic E-state index is 0.0987. The molecule has 2 aromatic carbocycles. The summed E-state index contributed by atoms with van der Waals surface area (Å²) in [5.41, 5.74) is 4.58. The first-order valence-electron chi connectivity index (χ1n) is 12.4. The molecule has 0 N–H and O–H groups in total. The Kier molecular flexibility index (Phi) is 7.16. The third-order valence-electron chi connectivity index (χ3n) is 7.09. The van der Waals surface area contributed by atoms with Gasteiger partial charge in [-0.25, -0.2) is 4.98 Å². The number of carbonyl (C=O) groups is 1. The maximum absolute atomic E-state index is 13.5. The molecule has 180 valence electrons. The van der Waals surface area contributed by atoms with E-state index in [0.717, 1.165) is 50.4 Å². The molecule has 0 radical (unpaired) electrons. The molecule has 0 saturated carbocycles. The van der Waals surface area contributed by atoms with Crippen molar-refractivity contribution < 1.29 is 4.79 Å². The van der Waals surface area contributed by atoms with Crippen LogP contribution in [-0.2, 0) is 11.3 Å². The van der Waals surface area contributed by atoms with Crippen molar-refractivity contribution in [3.63, 3.8) is 0 Å². The number of hydrogen-bond acceptors (Lipinski definition) is 3. The summed E-state index contributed by atoms with van der Waals surface area (Å²) >= 11 is 6.11. The molecule has 4 aromatic rings. The first-order chi connectivity index (χ1) is 17.1. The van der Waals surface area contributed by atoms with Gasteiger partial charge in [-0.15, -0.1) is 0 Å². The van der Waals surface area contributed by atoms with Gasteiger partial charge in [0, 0.05) is 68.4 Å². The molecule has 0 aliphatic carbocycles. The predicted molar refractivity (Wildman–Crippen MR) is 142 cm³/mol. The standard InChI is InChI=1S/C29H31ClN4O/c1-2-32-14-16-33(17-15-32)29(35)18-25(23-12-13-28(30)31-19-23)26-21-34(20-22-8-4-3-5-9-22)27-11-7-6-10-24(26)27/h3-13,19,21,25H,2,14-18,20H2,1H3/t25-/m1/s1. The number of fused-ring (bicyclic) bond motifs is 1. The van der Waals surface area contributed by atoms with E-state index in [1.807, 2.05) is 29.3 Å². The number of benzene rings is 2. The molecule has 2 aromatic heterocycles. The van der Waals surface area contributed by atoms with Crippen molar-refractivity contribution in [3.8, 4) is 0 Å². The second-order valence-corrected chi connectivity index (χ2v) is 9.59. The fourth-order valence-electron chi connectivity index (χ4n) is 5.08. The number of amides is 1. The molecule has 0 bridgehead atoms. The Bertz CT molecular complexity index is 1280. The number of likely N-dealkylation sites (N-methyl/N-ethyl adjacent to an activating group) is 1. The van der Waals surface area contributed by atoms with Crippen LogP contribution in [0.5, 0.6) is 0 Å². The number of para-hydroxylation sites is 1. The number of carbonyl (C=O) groups excluding carboxylic acids is 1. The first kappa shape index (κ1) is 23.6. The van der Waals surface area contributed by atoms with Crippen LogP contribution in [0.2, 0.25) is 5.15 Å². The van der Waals surface area contributed by atoms with E-state index in [0.29, 0.717) is 11.6 Å². The summed E-state index contributed by atoms with van der Waals surface area (Å²) < 4.78 is 2.29. The zero-order valence-corrected chi connectivity index (χ0v) is 20.9. The van der Waals surface area contributed by atoms with E-state index < -0.39 is 0 Å². The van der Waals surface area contributed by atoms with E-state index >= 15 is 0 Å². The minimum atomic E-state index is -0.0987. The summed E-state index contributed by atoms with van der Waals surface area (Å²) in [7, 11) is 0. The molecular formula is C29H31ClN4O. The van der Waals surface area contributed by atoms with Gasteiger partial charge in [0.05, 0.1) is 0 Å². The number of aromatic nitrogens is 2. The van der Waals surface area contributed by atoms with E-state index in [4.69, 9.17) is 11.6 Å². The molecule has 5 rings (SSSR count). The Morgan fingerprint density at radius 1 is 0.971 bits per heavy atom. The van der Waals surface area contributed by atoms with Gasteiger partial charge in [-0.3, -0.25) is 4.79 Å². The van der Waals surface area contributed by atoms with Crippen molar-refractivity contribution in [3.05, 3.63) is 101 Å². The number of rotatable bonds is 7. The summed E-state index contributed by atoms with van der Waals surface area (Å²) in [6.45, 7) is 7.42. The van der Waals surface area contributed by atoms with E-state index in [2.05, 4.69) is 76.1 Å². The molecule has 1 aliphatic rings. The van der Waals surface area contributed by atoms with Crippen LogP contribution in [0.4, 0.5) is 0 Å². The molecule has 1 amide bonds. The predicted octanol–water partition coefficient (Wildman–Crippen LogP) is 5.42.